The van der Waals surface area contributed by atoms with E-state index in [9.17, 15) is 9.18 Å². The number of hydrogen-bond acceptors (Lipinski definition) is 4. The van der Waals surface area contributed by atoms with Crippen LogP contribution in [-0.2, 0) is 0 Å². The summed E-state index contributed by atoms with van der Waals surface area (Å²) in [5.41, 5.74) is 6.08. The fraction of sp³-hybridized carbons (Fsp3) is 0.280. The molecule has 1 aromatic rings. The number of aromatic amines is 1. The lowest BCUT2D eigenvalue weighted by atomic mass is 10.0. The van der Waals surface area contributed by atoms with Gasteiger partial charge in [-0.3, -0.25) is 14.7 Å². The van der Waals surface area contributed by atoms with Crippen LogP contribution in [0.4, 0.5) is 15.8 Å². The Morgan fingerprint density at radius 1 is 1.03 bits per heavy atom. The molecule has 6 heteroatoms. The Balaban J connectivity index is 1.49. The minimum Gasteiger partial charge on any atom is -0.369 e. The van der Waals surface area contributed by atoms with E-state index in [4.69, 9.17) is 4.99 Å². The molecular weight excluding hydrogens is 391 g/mol. The quantitative estimate of drug-likeness (QED) is 0.697. The number of piperazine rings is 1. The van der Waals surface area contributed by atoms with Crippen LogP contribution in [0.3, 0.4) is 0 Å². The minimum atomic E-state index is -0.295. The maximum atomic E-state index is 12.8. The number of benzene rings is 1. The number of H-pyrrole nitrogens is 1. The zero-order valence-corrected chi connectivity index (χ0v) is 17.4. The van der Waals surface area contributed by atoms with Crippen LogP contribution in [0, 0.1) is 0 Å². The van der Waals surface area contributed by atoms with Gasteiger partial charge in [0.1, 0.15) is 6.67 Å². The molecule has 3 aliphatic heterocycles. The normalized spacial score (nSPS) is 16.8. The van der Waals surface area contributed by atoms with Gasteiger partial charge < -0.3 is 9.88 Å². The summed E-state index contributed by atoms with van der Waals surface area (Å²) in [6, 6.07) is 16.0. The molecule has 1 fully saturated rings. The van der Waals surface area contributed by atoms with Gasteiger partial charge in [-0.05, 0) is 23.8 Å². The van der Waals surface area contributed by atoms with Crippen molar-refractivity contribution < 1.29 is 4.39 Å². The van der Waals surface area contributed by atoms with E-state index in [2.05, 4.69) is 45.1 Å². The van der Waals surface area contributed by atoms with Gasteiger partial charge in [0.2, 0.25) is 0 Å². The van der Waals surface area contributed by atoms with Gasteiger partial charge in [-0.1, -0.05) is 42.5 Å². The Bertz CT molecular complexity index is 1170. The number of hydrogen-bond donors (Lipinski definition) is 1. The van der Waals surface area contributed by atoms with Crippen molar-refractivity contribution in [3.8, 4) is 11.3 Å². The number of anilines is 1. The number of nitrogens with zero attached hydrogens (tertiary/aromatic N) is 3. The second kappa shape index (κ2) is 8.47. The average molecular weight is 417 g/mol. The number of rotatable bonds is 4. The Morgan fingerprint density at radius 3 is 2.71 bits per heavy atom. The molecule has 0 radical (unpaired) electrons. The van der Waals surface area contributed by atoms with Gasteiger partial charge in [0.15, 0.2) is 0 Å². The van der Waals surface area contributed by atoms with Gasteiger partial charge in [0.05, 0.1) is 17.0 Å². The van der Waals surface area contributed by atoms with E-state index in [1.165, 1.54) is 0 Å². The standard InChI is InChI=1S/C25H25FN4O/c26-11-12-29-13-15-30(16-14-29)19-10-9-18-5-4-8-22(27-23(18)17-19)24-20-6-2-1-3-7-21(20)28-25(24)31/h1-7,9-10,17H,8,11-16H2,(H,28,31). The smallest absolute Gasteiger partial charge is 0.258 e. The molecule has 0 aromatic heterocycles. The molecule has 0 bridgehead atoms. The number of alkyl halides is 1. The van der Waals surface area contributed by atoms with Gasteiger partial charge in [-0.15, -0.1) is 0 Å². The first kappa shape index (κ1) is 19.7. The summed E-state index contributed by atoms with van der Waals surface area (Å²) in [6.07, 6.45) is 4.75. The van der Waals surface area contributed by atoms with Crippen molar-refractivity contribution in [3.05, 3.63) is 76.1 Å². The molecule has 0 spiro atoms. The number of allylic oxidation sites excluding steroid dienone is 1. The molecule has 3 heterocycles. The monoisotopic (exact) mass is 416 g/mol. The third-order valence-electron chi connectivity index (χ3n) is 6.09. The van der Waals surface area contributed by atoms with Gasteiger partial charge in [0.25, 0.3) is 5.56 Å². The Labute approximate surface area is 180 Å². The number of aromatic nitrogens is 1. The number of fused-ring (bicyclic) bond motifs is 2. The molecular formula is C25H25FN4O. The SMILES string of the molecule is O=c1[nH]c2cccccc-2c1C1=Nc2cc(N3CCN(CCF)CC3)ccc2C=CC1. The summed E-state index contributed by atoms with van der Waals surface area (Å²) < 4.78 is 12.6. The zero-order chi connectivity index (χ0) is 21.2. The fourth-order valence-electron chi connectivity index (χ4n) is 4.43. The molecule has 0 amide bonds. The molecule has 1 N–H and O–H groups in total. The second-order valence-electron chi connectivity index (χ2n) is 7.99. The summed E-state index contributed by atoms with van der Waals surface area (Å²) in [5, 5.41) is 0. The molecule has 0 saturated carbocycles. The van der Waals surface area contributed by atoms with E-state index in [1.807, 2.05) is 30.3 Å². The first-order valence-electron chi connectivity index (χ1n) is 10.8. The summed E-state index contributed by atoms with van der Waals surface area (Å²) in [4.78, 5) is 25.2. The first-order valence-corrected chi connectivity index (χ1v) is 10.8. The summed E-state index contributed by atoms with van der Waals surface area (Å²) in [6.45, 7) is 3.68. The van der Waals surface area contributed by atoms with Crippen LogP contribution < -0.4 is 10.5 Å². The molecule has 0 atom stereocenters. The highest BCUT2D eigenvalue weighted by molar-refractivity contribution is 6.09. The highest BCUT2D eigenvalue weighted by atomic mass is 19.1. The van der Waals surface area contributed by atoms with Gasteiger partial charge >= 0.3 is 0 Å². The lowest BCUT2D eigenvalue weighted by molar-refractivity contribution is 0.235. The van der Waals surface area contributed by atoms with Gasteiger partial charge in [-0.25, -0.2) is 4.39 Å². The highest BCUT2D eigenvalue weighted by Gasteiger charge is 2.21. The minimum absolute atomic E-state index is 0.100. The largest absolute Gasteiger partial charge is 0.369 e. The molecule has 4 aliphatic rings. The Hall–Kier alpha value is -3.25. The molecule has 1 aromatic carbocycles. The summed E-state index contributed by atoms with van der Waals surface area (Å²) in [5.74, 6) is 0. The number of aliphatic imine (C=N–C) groups is 1. The van der Waals surface area contributed by atoms with E-state index in [-0.39, 0.29) is 12.2 Å². The van der Waals surface area contributed by atoms with Gasteiger partial charge in [0, 0.05) is 56.1 Å². The molecule has 1 aliphatic carbocycles. The van der Waals surface area contributed by atoms with Crippen LogP contribution in [0.25, 0.3) is 17.3 Å². The van der Waals surface area contributed by atoms with Crippen LogP contribution in [0.2, 0.25) is 0 Å². The summed E-state index contributed by atoms with van der Waals surface area (Å²) >= 11 is 0. The van der Waals surface area contributed by atoms with Crippen LogP contribution >= 0.6 is 0 Å². The Kier molecular flexibility index (Phi) is 5.38. The lowest BCUT2D eigenvalue weighted by Gasteiger charge is -2.35. The van der Waals surface area contributed by atoms with Crippen molar-refractivity contribution in [2.24, 2.45) is 4.99 Å². The molecule has 158 valence electrons. The van der Waals surface area contributed by atoms with E-state index < -0.39 is 0 Å². The fourth-order valence-corrected chi connectivity index (χ4v) is 4.43. The average Bonchev–Trinajstić information content (AvgIpc) is 2.95. The van der Waals surface area contributed by atoms with Crippen LogP contribution in [0.15, 0.2) is 64.4 Å². The third-order valence-corrected chi connectivity index (χ3v) is 6.09. The predicted molar refractivity (Wildman–Crippen MR) is 125 cm³/mol. The molecule has 5 rings (SSSR count). The van der Waals surface area contributed by atoms with E-state index >= 15 is 0 Å². The molecule has 1 saturated heterocycles. The second-order valence-corrected chi connectivity index (χ2v) is 7.99. The van der Waals surface area contributed by atoms with Gasteiger partial charge in [-0.2, -0.15) is 0 Å². The number of nitrogens with one attached hydrogen (secondary N) is 1. The van der Waals surface area contributed by atoms with Crippen LogP contribution in [-0.4, -0.2) is 55.0 Å². The van der Waals surface area contributed by atoms with Crippen molar-refractivity contribution in [2.45, 2.75) is 6.42 Å². The van der Waals surface area contributed by atoms with Crippen molar-refractivity contribution in [1.82, 2.24) is 9.88 Å². The van der Waals surface area contributed by atoms with Crippen molar-refractivity contribution in [1.29, 1.82) is 0 Å². The van der Waals surface area contributed by atoms with Crippen molar-refractivity contribution in [2.75, 3.05) is 44.3 Å². The Morgan fingerprint density at radius 2 is 1.87 bits per heavy atom. The first-order chi connectivity index (χ1) is 15.2. The van der Waals surface area contributed by atoms with Crippen molar-refractivity contribution in [3.63, 3.8) is 0 Å². The molecule has 31 heavy (non-hydrogen) atoms. The maximum absolute atomic E-state index is 12.8. The van der Waals surface area contributed by atoms with Crippen molar-refractivity contribution >= 4 is 23.2 Å². The zero-order valence-electron chi connectivity index (χ0n) is 17.4. The van der Waals surface area contributed by atoms with E-state index in [0.717, 1.165) is 60.1 Å². The lowest BCUT2D eigenvalue weighted by Crippen LogP contribution is -2.47. The van der Waals surface area contributed by atoms with Crippen LogP contribution in [0.5, 0.6) is 0 Å². The maximum Gasteiger partial charge on any atom is 0.258 e. The molecule has 0 unspecified atom stereocenters. The van der Waals surface area contributed by atoms with E-state index in [0.29, 0.717) is 18.5 Å². The molecule has 5 nitrogen and oxygen atoms in total. The third kappa shape index (κ3) is 3.91. The van der Waals surface area contributed by atoms with E-state index in [1.54, 1.807) is 0 Å². The van der Waals surface area contributed by atoms with Crippen LogP contribution in [0.1, 0.15) is 17.5 Å². The number of halogens is 1. The predicted octanol–water partition coefficient (Wildman–Crippen LogP) is 4.11. The summed E-state index contributed by atoms with van der Waals surface area (Å²) in [7, 11) is 0. The topological polar surface area (TPSA) is 51.7 Å². The highest BCUT2D eigenvalue weighted by Crippen LogP contribution is 2.32.